The van der Waals surface area contributed by atoms with Crippen LogP contribution in [0.15, 0.2) is 36.7 Å². The summed E-state index contributed by atoms with van der Waals surface area (Å²) >= 11 is 0. The van der Waals surface area contributed by atoms with Crippen molar-refractivity contribution in [3.8, 4) is 0 Å². The summed E-state index contributed by atoms with van der Waals surface area (Å²) < 4.78 is 0. The molecule has 0 spiro atoms. The molecule has 4 N–H and O–H groups in total. The Morgan fingerprint density at radius 1 is 1.21 bits per heavy atom. The second-order valence-electron chi connectivity index (χ2n) is 5.52. The predicted molar refractivity (Wildman–Crippen MR) is 91.1 cm³/mol. The minimum atomic E-state index is -1.08. The summed E-state index contributed by atoms with van der Waals surface area (Å²) in [4.78, 5) is 23.4. The van der Waals surface area contributed by atoms with Crippen molar-refractivity contribution >= 4 is 28.4 Å². The molecule has 2 heterocycles. The number of nitrogens with zero attached hydrogens (tertiary/aromatic N) is 1. The van der Waals surface area contributed by atoms with Crippen LogP contribution in [0.25, 0.3) is 10.8 Å². The summed E-state index contributed by atoms with van der Waals surface area (Å²) in [6, 6.07) is 8.94. The number of anilines is 1. The molecule has 1 aromatic heterocycles. The molecule has 128 valence electrons. The lowest BCUT2D eigenvalue weighted by Gasteiger charge is -2.14. The van der Waals surface area contributed by atoms with Crippen molar-refractivity contribution in [2.24, 2.45) is 0 Å². The van der Waals surface area contributed by atoms with Crippen LogP contribution in [-0.4, -0.2) is 46.3 Å². The number of hydrogen-bond acceptors (Lipinski definition) is 5. The molecule has 3 rings (SSSR count). The number of hydrogen-bond donors (Lipinski definition) is 4. The first-order valence-electron chi connectivity index (χ1n) is 7.80. The summed E-state index contributed by atoms with van der Waals surface area (Å²) in [6.07, 6.45) is 4.36. The molecule has 1 fully saturated rings. The van der Waals surface area contributed by atoms with E-state index in [4.69, 9.17) is 10.2 Å². The maximum Gasteiger partial charge on any atom is 0.303 e. The lowest BCUT2D eigenvalue weighted by molar-refractivity contribution is -0.143. The molecule has 1 aliphatic heterocycles. The second kappa shape index (κ2) is 8.83. The van der Waals surface area contributed by atoms with Crippen LogP contribution in [0.5, 0.6) is 0 Å². The average molecular weight is 331 g/mol. The topological polar surface area (TPSA) is 112 Å². The second-order valence-corrected chi connectivity index (χ2v) is 5.52. The molecular formula is C17H21N3O4. The van der Waals surface area contributed by atoms with Crippen LogP contribution in [0.3, 0.4) is 0 Å². The fourth-order valence-electron chi connectivity index (χ4n) is 2.46. The molecule has 0 radical (unpaired) electrons. The SMILES string of the molecule is O=C(O)CCC(=O)O.c1cc(NC2CCNC2)c2ccncc2c1. The number of aliphatic carboxylic acids is 2. The third-order valence-electron chi connectivity index (χ3n) is 3.65. The van der Waals surface area contributed by atoms with E-state index in [0.29, 0.717) is 6.04 Å². The largest absolute Gasteiger partial charge is 0.481 e. The van der Waals surface area contributed by atoms with Gasteiger partial charge in [-0.15, -0.1) is 0 Å². The van der Waals surface area contributed by atoms with E-state index in [9.17, 15) is 9.59 Å². The first-order chi connectivity index (χ1) is 11.6. The zero-order chi connectivity index (χ0) is 17.4. The Kier molecular flexibility index (Phi) is 6.51. The first kappa shape index (κ1) is 17.7. The Bertz CT molecular complexity index is 680. The standard InChI is InChI=1S/C13H15N3.C4H6O4/c1-2-10-8-14-7-5-12(10)13(3-1)16-11-4-6-15-9-11;5-3(6)1-2-4(7)8/h1-3,5,7-8,11,15-16H,4,6,9H2;1-2H2,(H,5,6)(H,7,8). The Morgan fingerprint density at radius 3 is 2.58 bits per heavy atom. The van der Waals surface area contributed by atoms with Gasteiger partial charge in [0, 0.05) is 41.4 Å². The number of nitrogens with one attached hydrogen (secondary N) is 2. The van der Waals surface area contributed by atoms with Gasteiger partial charge in [0.25, 0.3) is 0 Å². The molecule has 7 nitrogen and oxygen atoms in total. The molecule has 1 unspecified atom stereocenters. The number of benzene rings is 1. The van der Waals surface area contributed by atoms with Crippen molar-refractivity contribution in [2.75, 3.05) is 18.4 Å². The molecule has 0 amide bonds. The van der Waals surface area contributed by atoms with Gasteiger partial charge in [0.1, 0.15) is 0 Å². The zero-order valence-electron chi connectivity index (χ0n) is 13.2. The van der Waals surface area contributed by atoms with Crippen molar-refractivity contribution in [3.63, 3.8) is 0 Å². The Hall–Kier alpha value is -2.67. The van der Waals surface area contributed by atoms with Crippen molar-refractivity contribution in [2.45, 2.75) is 25.3 Å². The van der Waals surface area contributed by atoms with Gasteiger partial charge in [-0.25, -0.2) is 0 Å². The minimum absolute atomic E-state index is 0.296. The summed E-state index contributed by atoms with van der Waals surface area (Å²) in [6.45, 7) is 2.17. The molecule has 2 aromatic rings. The van der Waals surface area contributed by atoms with Crippen LogP contribution in [0, 0.1) is 0 Å². The van der Waals surface area contributed by atoms with Crippen molar-refractivity contribution < 1.29 is 19.8 Å². The van der Waals surface area contributed by atoms with E-state index in [1.807, 2.05) is 12.4 Å². The maximum absolute atomic E-state index is 9.64. The van der Waals surface area contributed by atoms with Gasteiger partial charge in [0.15, 0.2) is 0 Å². The lowest BCUT2D eigenvalue weighted by atomic mass is 10.1. The smallest absolute Gasteiger partial charge is 0.303 e. The molecule has 1 aromatic carbocycles. The van der Waals surface area contributed by atoms with Gasteiger partial charge in [0.05, 0.1) is 12.8 Å². The van der Waals surface area contributed by atoms with E-state index in [-0.39, 0.29) is 12.8 Å². The van der Waals surface area contributed by atoms with E-state index in [2.05, 4.69) is 39.9 Å². The third-order valence-corrected chi connectivity index (χ3v) is 3.65. The maximum atomic E-state index is 9.64. The quantitative estimate of drug-likeness (QED) is 0.662. The minimum Gasteiger partial charge on any atom is -0.481 e. The van der Waals surface area contributed by atoms with Gasteiger partial charge >= 0.3 is 11.9 Å². The number of carbonyl (C=O) groups is 2. The van der Waals surface area contributed by atoms with Gasteiger partial charge in [-0.05, 0) is 25.1 Å². The monoisotopic (exact) mass is 331 g/mol. The molecule has 0 bridgehead atoms. The molecule has 1 aliphatic rings. The van der Waals surface area contributed by atoms with Gasteiger partial charge < -0.3 is 20.8 Å². The Labute approximate surface area is 139 Å². The van der Waals surface area contributed by atoms with E-state index in [1.54, 1.807) is 0 Å². The molecule has 0 aliphatic carbocycles. The normalized spacial score (nSPS) is 16.2. The first-order valence-corrected chi connectivity index (χ1v) is 7.80. The van der Waals surface area contributed by atoms with Crippen LogP contribution in [0.2, 0.25) is 0 Å². The van der Waals surface area contributed by atoms with Gasteiger partial charge in [-0.3, -0.25) is 14.6 Å². The van der Waals surface area contributed by atoms with Crippen molar-refractivity contribution in [1.29, 1.82) is 0 Å². The highest BCUT2D eigenvalue weighted by molar-refractivity contribution is 5.93. The van der Waals surface area contributed by atoms with E-state index in [1.165, 1.54) is 22.9 Å². The van der Waals surface area contributed by atoms with E-state index >= 15 is 0 Å². The Balaban J connectivity index is 0.000000224. The molecule has 1 saturated heterocycles. The van der Waals surface area contributed by atoms with Gasteiger partial charge in [0.2, 0.25) is 0 Å². The Morgan fingerprint density at radius 2 is 1.96 bits per heavy atom. The summed E-state index contributed by atoms with van der Waals surface area (Å²) in [5.74, 6) is -2.15. The molecule has 24 heavy (non-hydrogen) atoms. The molecule has 7 heteroatoms. The molecular weight excluding hydrogens is 310 g/mol. The number of carboxylic acids is 2. The van der Waals surface area contributed by atoms with E-state index in [0.717, 1.165) is 13.1 Å². The highest BCUT2D eigenvalue weighted by atomic mass is 16.4. The third kappa shape index (κ3) is 5.51. The molecule has 0 saturated carbocycles. The van der Waals surface area contributed by atoms with Gasteiger partial charge in [-0.1, -0.05) is 12.1 Å². The van der Waals surface area contributed by atoms with Crippen LogP contribution in [0.1, 0.15) is 19.3 Å². The van der Waals surface area contributed by atoms with E-state index < -0.39 is 11.9 Å². The van der Waals surface area contributed by atoms with Crippen LogP contribution < -0.4 is 10.6 Å². The average Bonchev–Trinajstić information content (AvgIpc) is 3.07. The summed E-state index contributed by atoms with van der Waals surface area (Å²) in [7, 11) is 0. The fraction of sp³-hybridized carbons (Fsp3) is 0.353. The summed E-state index contributed by atoms with van der Waals surface area (Å²) in [5.41, 5.74) is 1.22. The summed E-state index contributed by atoms with van der Waals surface area (Å²) in [5, 5.41) is 25.2. The highest BCUT2D eigenvalue weighted by Gasteiger charge is 2.14. The zero-order valence-corrected chi connectivity index (χ0v) is 13.2. The number of carboxylic acid groups (broad SMARTS) is 2. The van der Waals surface area contributed by atoms with Gasteiger partial charge in [-0.2, -0.15) is 0 Å². The fourth-order valence-corrected chi connectivity index (χ4v) is 2.46. The van der Waals surface area contributed by atoms with Crippen LogP contribution in [-0.2, 0) is 9.59 Å². The number of fused-ring (bicyclic) bond motifs is 1. The highest BCUT2D eigenvalue weighted by Crippen LogP contribution is 2.23. The number of aromatic nitrogens is 1. The van der Waals surface area contributed by atoms with Crippen molar-refractivity contribution in [1.82, 2.24) is 10.3 Å². The van der Waals surface area contributed by atoms with Crippen molar-refractivity contribution in [3.05, 3.63) is 36.7 Å². The number of rotatable bonds is 5. The van der Waals surface area contributed by atoms with Crippen LogP contribution in [0.4, 0.5) is 5.69 Å². The molecule has 1 atom stereocenters. The number of pyridine rings is 1. The predicted octanol–water partition coefficient (Wildman–Crippen LogP) is 1.94. The van der Waals surface area contributed by atoms with Crippen LogP contribution >= 0.6 is 0 Å². The lowest BCUT2D eigenvalue weighted by Crippen LogP contribution is -2.22.